The third-order valence-electron chi connectivity index (χ3n) is 5.32. The number of aliphatic hydroxyl groups is 2. The van der Waals surface area contributed by atoms with Crippen LogP contribution in [0.4, 0.5) is 10.1 Å². The Labute approximate surface area is 221 Å². The predicted molar refractivity (Wildman–Crippen MR) is 144 cm³/mol. The highest BCUT2D eigenvalue weighted by Gasteiger charge is 2.15. The maximum Gasteiger partial charge on any atom is 0.286 e. The zero-order valence-electron chi connectivity index (χ0n) is 20.8. The van der Waals surface area contributed by atoms with Crippen molar-refractivity contribution < 1.29 is 28.4 Å². The predicted octanol–water partition coefficient (Wildman–Crippen LogP) is 3.55. The molecule has 2 aromatic carbocycles. The van der Waals surface area contributed by atoms with Gasteiger partial charge in [-0.2, -0.15) is 4.36 Å². The van der Waals surface area contributed by atoms with Gasteiger partial charge in [-0.25, -0.2) is 8.60 Å². The number of aryl methyl sites for hydroxylation is 1. The summed E-state index contributed by atoms with van der Waals surface area (Å²) in [6, 6.07) is 12.5. The zero-order chi connectivity index (χ0) is 27.5. The number of aromatic nitrogens is 1. The average molecular weight is 538 g/mol. The minimum atomic E-state index is -2.94. The highest BCUT2D eigenvalue weighted by molar-refractivity contribution is 7.93. The molecule has 0 aliphatic carbocycles. The Balaban J connectivity index is 1.78. The van der Waals surface area contributed by atoms with Crippen LogP contribution in [0.5, 0.6) is 0 Å². The Morgan fingerprint density at radius 3 is 2.42 bits per heavy atom. The molecule has 0 radical (unpaired) electrons. The van der Waals surface area contributed by atoms with E-state index in [1.165, 1.54) is 30.6 Å². The molecule has 2 amide bonds. The van der Waals surface area contributed by atoms with Gasteiger partial charge < -0.3 is 15.5 Å². The van der Waals surface area contributed by atoms with Crippen LogP contribution in [0.2, 0.25) is 0 Å². The van der Waals surface area contributed by atoms with Gasteiger partial charge >= 0.3 is 0 Å². The normalized spacial score (nSPS) is 10.8. The first-order valence-corrected chi connectivity index (χ1v) is 13.7. The van der Waals surface area contributed by atoms with Crippen LogP contribution < -0.4 is 5.32 Å². The number of carbonyl (C=O) groups is 2. The van der Waals surface area contributed by atoms with Gasteiger partial charge in [-0.1, -0.05) is 29.5 Å². The number of hydrogen-bond donors (Lipinski definition) is 3. The minimum absolute atomic E-state index is 0.0472. The zero-order valence-corrected chi connectivity index (χ0v) is 21.6. The Hall–Kier alpha value is -3.91. The molecular formula is C28H28FN3O5S. The van der Waals surface area contributed by atoms with Gasteiger partial charge in [0.05, 0.1) is 20.9 Å². The van der Waals surface area contributed by atoms with Gasteiger partial charge in [0.15, 0.2) is 0 Å². The van der Waals surface area contributed by atoms with Gasteiger partial charge in [-0.3, -0.25) is 14.6 Å². The molecule has 0 aliphatic rings. The molecule has 0 saturated heterocycles. The highest BCUT2D eigenvalue weighted by Crippen LogP contribution is 2.15. The monoisotopic (exact) mass is 537 g/mol. The van der Waals surface area contributed by atoms with Gasteiger partial charge in [0, 0.05) is 53.9 Å². The average Bonchev–Trinajstić information content (AvgIpc) is 2.91. The number of anilines is 1. The van der Waals surface area contributed by atoms with Crippen molar-refractivity contribution in [3.05, 3.63) is 94.6 Å². The molecule has 0 fully saturated rings. The lowest BCUT2D eigenvalue weighted by atomic mass is 10.1. The fraction of sp³-hybridized carbons (Fsp3) is 0.250. The van der Waals surface area contributed by atoms with Crippen LogP contribution in [0.3, 0.4) is 0 Å². The lowest BCUT2D eigenvalue weighted by Gasteiger charge is -2.08. The molecular weight excluding hydrogens is 509 g/mol. The largest absolute Gasteiger partial charge is 0.396 e. The summed E-state index contributed by atoms with van der Waals surface area (Å²) in [5.41, 5.74) is 2.22. The lowest BCUT2D eigenvalue weighted by molar-refractivity contribution is 0.100. The van der Waals surface area contributed by atoms with Gasteiger partial charge in [-0.15, -0.1) is 0 Å². The van der Waals surface area contributed by atoms with Crippen molar-refractivity contribution >= 4 is 27.2 Å². The van der Waals surface area contributed by atoms with Crippen molar-refractivity contribution in [2.45, 2.75) is 19.8 Å². The summed E-state index contributed by atoms with van der Waals surface area (Å²) in [5, 5.41) is 20.8. The first kappa shape index (κ1) is 28.7. The van der Waals surface area contributed by atoms with Crippen LogP contribution in [-0.2, 0) is 9.73 Å². The standard InChI is InChI=1S/C28H28FN3O5S/c1-20-7-10-26(29)25(15-20)28(36)31-24-6-2-5-21(17-24)8-9-22-16-23(19-30-18-22)27(35)32-38(37,13-3-11-33)14-4-12-34/h2,5-7,10,15-19,33-34H,3-4,11-14H2,1H3,(H,31,36). The van der Waals surface area contributed by atoms with E-state index in [1.54, 1.807) is 37.3 Å². The number of nitrogens with one attached hydrogen (secondary N) is 1. The van der Waals surface area contributed by atoms with E-state index < -0.39 is 27.4 Å². The number of pyridine rings is 1. The topological polar surface area (TPSA) is 129 Å². The van der Waals surface area contributed by atoms with Crippen LogP contribution in [0.25, 0.3) is 0 Å². The van der Waals surface area contributed by atoms with E-state index in [0.717, 1.165) is 5.56 Å². The first-order chi connectivity index (χ1) is 18.2. The first-order valence-electron chi connectivity index (χ1n) is 11.9. The molecule has 8 nitrogen and oxygen atoms in total. The Morgan fingerprint density at radius 1 is 1.00 bits per heavy atom. The van der Waals surface area contributed by atoms with Crippen LogP contribution in [0.15, 0.2) is 65.3 Å². The molecule has 0 spiro atoms. The second-order valence-electron chi connectivity index (χ2n) is 8.46. The van der Waals surface area contributed by atoms with E-state index >= 15 is 0 Å². The Kier molecular flexibility index (Phi) is 10.2. The van der Waals surface area contributed by atoms with Crippen molar-refractivity contribution in [3.8, 4) is 11.8 Å². The van der Waals surface area contributed by atoms with Crippen molar-refractivity contribution in [3.63, 3.8) is 0 Å². The minimum Gasteiger partial charge on any atom is -0.396 e. The number of carbonyl (C=O) groups excluding carboxylic acids is 2. The molecule has 198 valence electrons. The van der Waals surface area contributed by atoms with Gasteiger partial charge in [0.1, 0.15) is 5.82 Å². The van der Waals surface area contributed by atoms with Crippen LogP contribution in [0, 0.1) is 24.6 Å². The molecule has 0 unspecified atom stereocenters. The molecule has 0 aliphatic heterocycles. The number of rotatable bonds is 9. The molecule has 3 N–H and O–H groups in total. The molecule has 38 heavy (non-hydrogen) atoms. The number of nitrogens with zero attached hydrogens (tertiary/aromatic N) is 2. The molecule has 0 saturated carbocycles. The Bertz CT molecular complexity index is 1490. The third-order valence-corrected chi connectivity index (χ3v) is 7.67. The Morgan fingerprint density at radius 2 is 1.71 bits per heavy atom. The summed E-state index contributed by atoms with van der Waals surface area (Å²) in [6.45, 7) is 1.41. The summed E-state index contributed by atoms with van der Waals surface area (Å²) < 4.78 is 31.0. The molecule has 0 bridgehead atoms. The van der Waals surface area contributed by atoms with E-state index in [2.05, 4.69) is 26.5 Å². The quantitative estimate of drug-likeness (QED) is 0.358. The molecule has 1 aromatic heterocycles. The van der Waals surface area contributed by atoms with Crippen LogP contribution in [0.1, 0.15) is 50.2 Å². The van der Waals surface area contributed by atoms with E-state index in [4.69, 9.17) is 10.2 Å². The third kappa shape index (κ3) is 8.31. The smallest absolute Gasteiger partial charge is 0.286 e. The number of hydrogen-bond acceptors (Lipinski definition) is 6. The highest BCUT2D eigenvalue weighted by atomic mass is 32.2. The fourth-order valence-electron chi connectivity index (χ4n) is 3.43. The second-order valence-corrected chi connectivity index (χ2v) is 11.0. The maximum atomic E-state index is 14.0. The van der Waals surface area contributed by atoms with Crippen LogP contribution in [-0.4, -0.2) is 55.9 Å². The van der Waals surface area contributed by atoms with Gasteiger partial charge in [0.25, 0.3) is 11.8 Å². The molecule has 1 heterocycles. The number of aliphatic hydroxyl groups excluding tert-OH is 2. The summed E-state index contributed by atoms with van der Waals surface area (Å²) in [4.78, 5) is 29.2. The molecule has 3 aromatic rings. The number of halogens is 1. The molecule has 3 rings (SSSR count). The molecule has 0 atom stereocenters. The van der Waals surface area contributed by atoms with E-state index in [1.807, 2.05) is 0 Å². The van der Waals surface area contributed by atoms with E-state index in [9.17, 15) is 18.2 Å². The van der Waals surface area contributed by atoms with Crippen molar-refractivity contribution in [2.24, 2.45) is 4.36 Å². The summed E-state index contributed by atoms with van der Waals surface area (Å²) in [5.74, 6) is 4.02. The second kappa shape index (κ2) is 13.6. The summed E-state index contributed by atoms with van der Waals surface area (Å²) >= 11 is 0. The molecule has 10 heteroatoms. The SMILES string of the molecule is Cc1ccc(F)c(C(=O)Nc2cccc(C#Cc3cncc(C(=O)N=S(=O)(CCCO)CCCO)c3)c2)c1. The van der Waals surface area contributed by atoms with Crippen LogP contribution >= 0.6 is 0 Å². The van der Waals surface area contributed by atoms with Gasteiger partial charge in [-0.05, 0) is 56.2 Å². The van der Waals surface area contributed by atoms with Crippen molar-refractivity contribution in [1.82, 2.24) is 4.98 Å². The number of amides is 2. The summed E-state index contributed by atoms with van der Waals surface area (Å²) in [6.07, 6.45) is 3.22. The fourth-order valence-corrected chi connectivity index (χ4v) is 5.39. The van der Waals surface area contributed by atoms with Gasteiger partial charge in [0.2, 0.25) is 0 Å². The van der Waals surface area contributed by atoms with E-state index in [-0.39, 0.29) is 48.7 Å². The maximum absolute atomic E-state index is 14.0. The number of benzene rings is 2. The van der Waals surface area contributed by atoms with Crippen molar-refractivity contribution in [2.75, 3.05) is 30.0 Å². The lowest BCUT2D eigenvalue weighted by Crippen LogP contribution is -2.15. The summed E-state index contributed by atoms with van der Waals surface area (Å²) in [7, 11) is -2.94. The van der Waals surface area contributed by atoms with Crippen molar-refractivity contribution in [1.29, 1.82) is 0 Å². The van der Waals surface area contributed by atoms with E-state index in [0.29, 0.717) is 16.8 Å².